The number of nitrogens with one attached hydrogen (secondary N) is 2. The molecule has 0 aliphatic heterocycles. The number of hydrogen-bond donors (Lipinski definition) is 2. The summed E-state index contributed by atoms with van der Waals surface area (Å²) in [6.45, 7) is 0. The lowest BCUT2D eigenvalue weighted by molar-refractivity contribution is 0.322. The van der Waals surface area contributed by atoms with Crippen molar-refractivity contribution in [2.45, 2.75) is 24.8 Å². The number of nitrogens with zero attached hydrogens (tertiary/aromatic N) is 1. The number of rotatable bonds is 2. The molecule has 1 aromatic carbocycles. The van der Waals surface area contributed by atoms with Gasteiger partial charge in [0.2, 0.25) is 0 Å². The summed E-state index contributed by atoms with van der Waals surface area (Å²) in [5, 5.41) is 7.23. The van der Waals surface area contributed by atoms with E-state index in [0.29, 0.717) is 12.0 Å². The average Bonchev–Trinajstić information content (AvgIpc) is 2.28. The molecule has 0 radical (unpaired) electrons. The standard InChI is InChI=1S/C13H18ClN3/c1-15-13(16-2)17-12-7-10(8-12)9-4-3-5-11(14)6-9/h3-6,10,12H,7-8H2,1-2H3,(H2,15,16,17). The summed E-state index contributed by atoms with van der Waals surface area (Å²) in [4.78, 5) is 4.11. The molecule has 0 atom stereocenters. The highest BCUT2D eigenvalue weighted by Crippen LogP contribution is 2.37. The van der Waals surface area contributed by atoms with Crippen molar-refractivity contribution in [2.75, 3.05) is 14.1 Å². The van der Waals surface area contributed by atoms with E-state index in [1.807, 2.05) is 19.2 Å². The summed E-state index contributed by atoms with van der Waals surface area (Å²) >= 11 is 5.99. The van der Waals surface area contributed by atoms with Gasteiger partial charge < -0.3 is 10.6 Å². The third-order valence-electron chi connectivity index (χ3n) is 3.26. The lowest BCUT2D eigenvalue weighted by atomic mass is 9.76. The first-order chi connectivity index (χ1) is 8.22. The maximum Gasteiger partial charge on any atom is 0.190 e. The Morgan fingerprint density at radius 3 is 2.76 bits per heavy atom. The molecule has 0 aromatic heterocycles. The van der Waals surface area contributed by atoms with Crippen LogP contribution in [0.5, 0.6) is 0 Å². The minimum Gasteiger partial charge on any atom is -0.359 e. The zero-order valence-corrected chi connectivity index (χ0v) is 11.0. The molecule has 4 heteroatoms. The van der Waals surface area contributed by atoms with Crippen molar-refractivity contribution in [2.24, 2.45) is 4.99 Å². The Morgan fingerprint density at radius 1 is 1.41 bits per heavy atom. The van der Waals surface area contributed by atoms with Crippen molar-refractivity contribution in [1.29, 1.82) is 0 Å². The zero-order chi connectivity index (χ0) is 12.3. The molecule has 0 unspecified atom stereocenters. The highest BCUT2D eigenvalue weighted by molar-refractivity contribution is 6.30. The van der Waals surface area contributed by atoms with Crippen molar-refractivity contribution in [3.05, 3.63) is 34.9 Å². The highest BCUT2D eigenvalue weighted by atomic mass is 35.5. The molecular weight excluding hydrogens is 234 g/mol. The van der Waals surface area contributed by atoms with Crippen molar-refractivity contribution in [1.82, 2.24) is 10.6 Å². The molecule has 2 rings (SSSR count). The van der Waals surface area contributed by atoms with Crippen LogP contribution in [-0.2, 0) is 0 Å². The van der Waals surface area contributed by atoms with E-state index in [1.54, 1.807) is 7.05 Å². The van der Waals surface area contributed by atoms with E-state index in [-0.39, 0.29) is 0 Å². The number of hydrogen-bond acceptors (Lipinski definition) is 1. The van der Waals surface area contributed by atoms with Gasteiger partial charge in [0, 0.05) is 25.2 Å². The normalized spacial score (nSPS) is 24.1. The molecule has 1 aliphatic carbocycles. The molecule has 1 aliphatic rings. The molecule has 1 aromatic rings. The summed E-state index contributed by atoms with van der Waals surface area (Å²) in [5.74, 6) is 1.49. The molecule has 3 nitrogen and oxygen atoms in total. The third kappa shape index (κ3) is 2.91. The Morgan fingerprint density at radius 2 is 2.18 bits per heavy atom. The Labute approximate surface area is 107 Å². The SMILES string of the molecule is CN=C(NC)NC1CC(c2cccc(Cl)c2)C1. The van der Waals surface area contributed by atoms with Gasteiger partial charge in [-0.2, -0.15) is 0 Å². The monoisotopic (exact) mass is 251 g/mol. The Balaban J connectivity index is 1.87. The quantitative estimate of drug-likeness (QED) is 0.626. The van der Waals surface area contributed by atoms with Gasteiger partial charge in [0.25, 0.3) is 0 Å². The van der Waals surface area contributed by atoms with Crippen LogP contribution in [0.3, 0.4) is 0 Å². The fourth-order valence-electron chi connectivity index (χ4n) is 2.21. The van der Waals surface area contributed by atoms with Crippen LogP contribution in [-0.4, -0.2) is 26.1 Å². The van der Waals surface area contributed by atoms with Crippen molar-refractivity contribution in [3.63, 3.8) is 0 Å². The van der Waals surface area contributed by atoms with Gasteiger partial charge in [-0.05, 0) is 36.5 Å². The van der Waals surface area contributed by atoms with Crippen molar-refractivity contribution < 1.29 is 0 Å². The van der Waals surface area contributed by atoms with Crippen LogP contribution in [0.2, 0.25) is 5.02 Å². The maximum atomic E-state index is 5.99. The minimum atomic E-state index is 0.519. The largest absolute Gasteiger partial charge is 0.359 e. The molecule has 1 saturated carbocycles. The van der Waals surface area contributed by atoms with Crippen LogP contribution in [0.25, 0.3) is 0 Å². The molecule has 0 bridgehead atoms. The summed E-state index contributed by atoms with van der Waals surface area (Å²) < 4.78 is 0. The predicted octanol–water partition coefficient (Wildman–Crippen LogP) is 2.38. The zero-order valence-electron chi connectivity index (χ0n) is 10.2. The molecule has 0 amide bonds. The summed E-state index contributed by atoms with van der Waals surface area (Å²) in [6.07, 6.45) is 2.28. The van der Waals surface area contributed by atoms with Crippen LogP contribution in [0.4, 0.5) is 0 Å². The predicted molar refractivity (Wildman–Crippen MR) is 72.8 cm³/mol. The molecule has 92 valence electrons. The Hall–Kier alpha value is -1.22. The van der Waals surface area contributed by atoms with Gasteiger partial charge in [-0.3, -0.25) is 4.99 Å². The van der Waals surface area contributed by atoms with E-state index < -0.39 is 0 Å². The van der Waals surface area contributed by atoms with Crippen LogP contribution < -0.4 is 10.6 Å². The van der Waals surface area contributed by atoms with E-state index >= 15 is 0 Å². The first kappa shape index (κ1) is 12.2. The third-order valence-corrected chi connectivity index (χ3v) is 3.49. The van der Waals surface area contributed by atoms with E-state index in [9.17, 15) is 0 Å². The lowest BCUT2D eigenvalue weighted by Gasteiger charge is -2.37. The summed E-state index contributed by atoms with van der Waals surface area (Å²) in [5.41, 5.74) is 1.34. The van der Waals surface area contributed by atoms with Gasteiger partial charge in [-0.1, -0.05) is 23.7 Å². The van der Waals surface area contributed by atoms with Gasteiger partial charge in [0.05, 0.1) is 0 Å². The first-order valence-electron chi connectivity index (χ1n) is 5.89. The molecule has 2 N–H and O–H groups in total. The van der Waals surface area contributed by atoms with E-state index in [4.69, 9.17) is 11.6 Å². The second-order valence-corrected chi connectivity index (χ2v) is 4.82. The lowest BCUT2D eigenvalue weighted by Crippen LogP contribution is -2.47. The topological polar surface area (TPSA) is 36.4 Å². The molecular formula is C13H18ClN3. The van der Waals surface area contributed by atoms with Crippen LogP contribution >= 0.6 is 11.6 Å². The van der Waals surface area contributed by atoms with Crippen LogP contribution in [0, 0.1) is 0 Å². The van der Waals surface area contributed by atoms with Crippen LogP contribution in [0.1, 0.15) is 24.3 Å². The van der Waals surface area contributed by atoms with Crippen molar-refractivity contribution >= 4 is 17.6 Å². The summed E-state index contributed by atoms with van der Waals surface area (Å²) in [6, 6.07) is 8.67. The van der Waals surface area contributed by atoms with E-state index in [2.05, 4.69) is 27.8 Å². The van der Waals surface area contributed by atoms with Crippen LogP contribution in [0.15, 0.2) is 29.3 Å². The van der Waals surface area contributed by atoms with Gasteiger partial charge in [0.15, 0.2) is 5.96 Å². The van der Waals surface area contributed by atoms with Gasteiger partial charge in [0.1, 0.15) is 0 Å². The molecule has 0 saturated heterocycles. The maximum absolute atomic E-state index is 5.99. The number of halogens is 1. The summed E-state index contributed by atoms with van der Waals surface area (Å²) in [7, 11) is 3.66. The number of benzene rings is 1. The Bertz CT molecular complexity index is 411. The van der Waals surface area contributed by atoms with E-state index in [0.717, 1.165) is 23.8 Å². The molecule has 0 spiro atoms. The van der Waals surface area contributed by atoms with Gasteiger partial charge in [-0.25, -0.2) is 0 Å². The Kier molecular flexibility index (Phi) is 3.89. The van der Waals surface area contributed by atoms with Crippen molar-refractivity contribution in [3.8, 4) is 0 Å². The fourth-order valence-corrected chi connectivity index (χ4v) is 2.41. The molecule has 0 heterocycles. The fraction of sp³-hybridized carbons (Fsp3) is 0.462. The smallest absolute Gasteiger partial charge is 0.190 e. The first-order valence-corrected chi connectivity index (χ1v) is 6.27. The minimum absolute atomic E-state index is 0.519. The van der Waals surface area contributed by atoms with E-state index in [1.165, 1.54) is 5.56 Å². The second kappa shape index (κ2) is 5.41. The average molecular weight is 252 g/mol. The molecule has 1 fully saturated rings. The van der Waals surface area contributed by atoms with Gasteiger partial charge in [-0.15, -0.1) is 0 Å². The highest BCUT2D eigenvalue weighted by Gasteiger charge is 2.30. The van der Waals surface area contributed by atoms with Gasteiger partial charge >= 0.3 is 0 Å². The number of aliphatic imine (C=N–C) groups is 1. The second-order valence-electron chi connectivity index (χ2n) is 4.39. The number of guanidine groups is 1. The molecule has 17 heavy (non-hydrogen) atoms.